The van der Waals surface area contributed by atoms with E-state index in [2.05, 4.69) is 4.74 Å². The number of carbonyl (C=O) groups excluding carboxylic acids is 1. The van der Waals surface area contributed by atoms with Crippen LogP contribution in [0.3, 0.4) is 0 Å². The van der Waals surface area contributed by atoms with Crippen LogP contribution < -0.4 is 20.8 Å². The molecule has 0 radical (unpaired) electrons. The number of methoxy groups -OCH3 is 2. The van der Waals surface area contributed by atoms with E-state index >= 15 is 0 Å². The number of para-hydroxylation sites is 1. The number of benzene rings is 1. The Labute approximate surface area is 185 Å². The van der Waals surface area contributed by atoms with Crippen LogP contribution in [-0.4, -0.2) is 47.3 Å². The first-order chi connectivity index (χ1) is 15.7. The number of nitrogens with two attached hydrogens (primary N) is 1. The highest BCUT2D eigenvalue weighted by atomic mass is 16.5. The van der Waals surface area contributed by atoms with Crippen LogP contribution in [0.15, 0.2) is 39.5 Å². The fraction of sp³-hybridized carbons (Fsp3) is 0.143. The molecular formula is C21H18N2O10. The number of esters is 1. The second kappa shape index (κ2) is 9.18. The van der Waals surface area contributed by atoms with E-state index in [0.717, 1.165) is 0 Å². The number of H-pyrrole nitrogens is 1. The summed E-state index contributed by atoms with van der Waals surface area (Å²) in [6, 6.07) is 7.12. The van der Waals surface area contributed by atoms with Gasteiger partial charge in [-0.3, -0.25) is 4.79 Å². The number of hydrogen-bond donors (Lipinski definition) is 4. The van der Waals surface area contributed by atoms with Gasteiger partial charge >= 0.3 is 17.9 Å². The molecule has 0 unspecified atom stereocenters. The number of aromatic carboxylic acids is 2. The van der Waals surface area contributed by atoms with Gasteiger partial charge in [0.05, 0.1) is 14.2 Å². The topological polar surface area (TPSA) is 191 Å². The minimum Gasteiger partial charge on any atom is -0.493 e. The third-order valence-electron chi connectivity index (χ3n) is 4.55. The van der Waals surface area contributed by atoms with E-state index in [1.165, 1.54) is 44.6 Å². The number of hydrogen-bond acceptors (Lipinski definition) is 9. The van der Waals surface area contributed by atoms with Gasteiger partial charge < -0.3 is 39.6 Å². The quantitative estimate of drug-likeness (QED) is 0.361. The Kier molecular flexibility index (Phi) is 6.38. The fourth-order valence-electron chi connectivity index (χ4n) is 3.15. The molecule has 2 heterocycles. The number of carboxylic acids is 2. The van der Waals surface area contributed by atoms with Crippen LogP contribution in [-0.2, 0) is 11.3 Å². The van der Waals surface area contributed by atoms with Crippen molar-refractivity contribution in [1.29, 1.82) is 0 Å². The van der Waals surface area contributed by atoms with Gasteiger partial charge in [-0.1, -0.05) is 12.1 Å². The second-order valence-electron chi connectivity index (χ2n) is 6.49. The van der Waals surface area contributed by atoms with Crippen LogP contribution in [0.1, 0.15) is 37.0 Å². The lowest BCUT2D eigenvalue weighted by atomic mass is 9.94. The second-order valence-corrected chi connectivity index (χ2v) is 6.49. The summed E-state index contributed by atoms with van der Waals surface area (Å²) < 4.78 is 20.9. The lowest BCUT2D eigenvalue weighted by Gasteiger charge is -2.18. The highest BCUT2D eigenvalue weighted by Crippen LogP contribution is 2.41. The van der Waals surface area contributed by atoms with Crippen LogP contribution in [0.25, 0.3) is 11.1 Å². The molecule has 3 rings (SSSR count). The highest BCUT2D eigenvalue weighted by Gasteiger charge is 2.29. The van der Waals surface area contributed by atoms with E-state index in [4.69, 9.17) is 19.6 Å². The molecule has 0 bridgehead atoms. The van der Waals surface area contributed by atoms with Gasteiger partial charge in [0, 0.05) is 11.1 Å². The molecule has 0 spiro atoms. The molecule has 12 nitrogen and oxygen atoms in total. The molecular weight excluding hydrogens is 440 g/mol. The van der Waals surface area contributed by atoms with Gasteiger partial charge in [0.2, 0.25) is 5.76 Å². The number of ether oxygens (including phenoxy) is 3. The number of anilines is 1. The van der Waals surface area contributed by atoms with E-state index in [-0.39, 0.29) is 35.2 Å². The molecule has 0 saturated heterocycles. The first-order valence-electron chi connectivity index (χ1n) is 9.19. The Morgan fingerprint density at radius 1 is 1.06 bits per heavy atom. The lowest BCUT2D eigenvalue weighted by molar-refractivity contribution is 0.0559. The average Bonchev–Trinajstić information content (AvgIpc) is 3.24. The number of nitrogens with one attached hydrogen (secondary N) is 1. The van der Waals surface area contributed by atoms with E-state index in [9.17, 15) is 29.4 Å². The summed E-state index contributed by atoms with van der Waals surface area (Å²) in [7, 11) is 2.51. The molecule has 5 N–H and O–H groups in total. The third kappa shape index (κ3) is 4.35. The Morgan fingerprint density at radius 2 is 1.76 bits per heavy atom. The molecule has 0 fully saturated rings. The standard InChI is InChI=1S/C21H18N2O10/c1-30-11-5-3-4-10(16(11)32-8-9-6-7-12(33-9)21(29)31-2)13-14(19(25)26)17(22)23-18(24)15(13)20(27)28/h3-7H,8H2,1-2H3,(H,25,26)(H,27,28)(H3,22,23,24). The van der Waals surface area contributed by atoms with Crippen LogP contribution >= 0.6 is 0 Å². The Bertz CT molecular complexity index is 1300. The predicted molar refractivity (Wildman–Crippen MR) is 112 cm³/mol. The third-order valence-corrected chi connectivity index (χ3v) is 4.55. The molecule has 2 aromatic heterocycles. The predicted octanol–water partition coefficient (Wildman–Crippen LogP) is 1.99. The van der Waals surface area contributed by atoms with Gasteiger partial charge in [-0.2, -0.15) is 0 Å². The SMILES string of the molecule is COC(=O)c1ccc(COc2c(OC)cccc2-c2c(C(=O)O)c(N)[nH]c(=O)c2C(=O)O)o1. The molecule has 0 aliphatic carbocycles. The van der Waals surface area contributed by atoms with Crippen molar-refractivity contribution in [3.8, 4) is 22.6 Å². The minimum atomic E-state index is -1.67. The molecule has 0 aliphatic rings. The van der Waals surface area contributed by atoms with E-state index in [1.54, 1.807) is 0 Å². The van der Waals surface area contributed by atoms with Crippen molar-refractivity contribution in [3.63, 3.8) is 0 Å². The summed E-state index contributed by atoms with van der Waals surface area (Å²) in [5, 5.41) is 19.3. The van der Waals surface area contributed by atoms with Crippen molar-refractivity contribution in [2.45, 2.75) is 6.61 Å². The van der Waals surface area contributed by atoms with Crippen molar-refractivity contribution < 1.29 is 43.2 Å². The van der Waals surface area contributed by atoms with Gasteiger partial charge in [0.15, 0.2) is 11.5 Å². The van der Waals surface area contributed by atoms with Crippen LogP contribution in [0.4, 0.5) is 5.82 Å². The number of carbonyl (C=O) groups is 3. The summed E-state index contributed by atoms with van der Waals surface area (Å²) in [5.41, 5.74) is 2.61. The first-order valence-corrected chi connectivity index (χ1v) is 9.19. The summed E-state index contributed by atoms with van der Waals surface area (Å²) in [4.78, 5) is 49.7. The largest absolute Gasteiger partial charge is 0.493 e. The smallest absolute Gasteiger partial charge is 0.373 e. The normalized spacial score (nSPS) is 10.5. The Balaban J connectivity index is 2.19. The van der Waals surface area contributed by atoms with Gasteiger partial charge in [-0.05, 0) is 18.2 Å². The van der Waals surface area contributed by atoms with E-state index in [1.807, 2.05) is 4.98 Å². The zero-order chi connectivity index (χ0) is 24.3. The monoisotopic (exact) mass is 458 g/mol. The van der Waals surface area contributed by atoms with Gasteiger partial charge in [-0.25, -0.2) is 14.4 Å². The molecule has 33 heavy (non-hydrogen) atoms. The number of aromatic amines is 1. The fourth-order valence-corrected chi connectivity index (χ4v) is 3.15. The number of pyridine rings is 1. The van der Waals surface area contributed by atoms with Crippen LogP contribution in [0.2, 0.25) is 0 Å². The molecule has 172 valence electrons. The number of carboxylic acid groups (broad SMARTS) is 2. The zero-order valence-electron chi connectivity index (χ0n) is 17.3. The summed E-state index contributed by atoms with van der Waals surface area (Å²) in [6.07, 6.45) is 0. The zero-order valence-corrected chi connectivity index (χ0v) is 17.3. The van der Waals surface area contributed by atoms with Gasteiger partial charge in [0.1, 0.15) is 29.3 Å². The van der Waals surface area contributed by atoms with Gasteiger partial charge in [-0.15, -0.1) is 0 Å². The van der Waals surface area contributed by atoms with Crippen molar-refractivity contribution in [2.24, 2.45) is 0 Å². The lowest BCUT2D eigenvalue weighted by Crippen LogP contribution is -2.24. The van der Waals surface area contributed by atoms with E-state index in [0.29, 0.717) is 0 Å². The molecule has 0 saturated carbocycles. The van der Waals surface area contributed by atoms with Crippen molar-refractivity contribution in [3.05, 3.63) is 63.3 Å². The first kappa shape index (κ1) is 22.9. The summed E-state index contributed by atoms with van der Waals surface area (Å²) in [5.74, 6) is -4.30. The van der Waals surface area contributed by atoms with Crippen LogP contribution in [0, 0.1) is 0 Å². The maximum Gasteiger partial charge on any atom is 0.373 e. The van der Waals surface area contributed by atoms with Crippen molar-refractivity contribution >= 4 is 23.7 Å². The molecule has 12 heteroatoms. The number of rotatable bonds is 8. The average molecular weight is 458 g/mol. The van der Waals surface area contributed by atoms with E-state index < -0.39 is 46.0 Å². The number of nitrogen functional groups attached to an aromatic ring is 1. The van der Waals surface area contributed by atoms with Gasteiger partial charge in [0.25, 0.3) is 5.56 Å². The number of aromatic nitrogens is 1. The Hall–Kier alpha value is -4.74. The molecule has 0 amide bonds. The summed E-state index contributed by atoms with van der Waals surface area (Å²) in [6.45, 7) is -0.256. The minimum absolute atomic E-state index is 0.0679. The van der Waals surface area contributed by atoms with Crippen molar-refractivity contribution in [1.82, 2.24) is 4.98 Å². The number of furan rings is 1. The van der Waals surface area contributed by atoms with Crippen molar-refractivity contribution in [2.75, 3.05) is 20.0 Å². The van der Waals surface area contributed by atoms with Crippen LogP contribution in [0.5, 0.6) is 11.5 Å². The molecule has 1 aromatic carbocycles. The molecule has 0 atom stereocenters. The molecule has 3 aromatic rings. The maximum atomic E-state index is 12.4. The highest BCUT2D eigenvalue weighted by molar-refractivity contribution is 6.08. The summed E-state index contributed by atoms with van der Waals surface area (Å²) >= 11 is 0. The Morgan fingerprint density at radius 3 is 2.36 bits per heavy atom. The maximum absolute atomic E-state index is 12.4. The molecule has 0 aliphatic heterocycles.